The van der Waals surface area contributed by atoms with Crippen LogP contribution in [-0.4, -0.2) is 58.8 Å². The fraction of sp³-hybridized carbons (Fsp3) is 0.472. The van der Waals surface area contributed by atoms with Crippen LogP contribution >= 0.6 is 0 Å². The molecule has 4 N–H and O–H groups in total. The summed E-state index contributed by atoms with van der Waals surface area (Å²) in [6.07, 6.45) is 0.927. The molecule has 82 heavy (non-hydrogen) atoms. The Morgan fingerprint density at radius 2 is 0.610 bits per heavy atom. The molecule has 10 heteroatoms. The lowest BCUT2D eigenvalue weighted by Crippen LogP contribution is -2.24. The van der Waals surface area contributed by atoms with Crippen LogP contribution in [0.2, 0.25) is 0 Å². The Bertz CT molecular complexity index is 3000. The highest BCUT2D eigenvalue weighted by molar-refractivity contribution is 5.72. The number of hydrogen-bond donors (Lipinski definition) is 4. The Balaban J connectivity index is 1.64. The van der Waals surface area contributed by atoms with Gasteiger partial charge < -0.3 is 39.4 Å². The van der Waals surface area contributed by atoms with Crippen LogP contribution in [0.5, 0.6) is 34.5 Å². The van der Waals surface area contributed by atoms with E-state index in [9.17, 15) is 30.0 Å². The van der Waals surface area contributed by atoms with Gasteiger partial charge in [0, 0.05) is 36.5 Å². The number of phenolic OH excluding ortho intramolecular Hbond substituents is 4. The third-order valence-electron chi connectivity index (χ3n) is 16.5. The number of fused-ring (bicyclic) bond motifs is 12. The molecule has 7 rings (SSSR count). The first-order chi connectivity index (χ1) is 37.9. The van der Waals surface area contributed by atoms with Crippen LogP contribution in [0.4, 0.5) is 0 Å². The first-order valence-electron chi connectivity index (χ1n) is 29.2. The number of esters is 2. The van der Waals surface area contributed by atoms with Gasteiger partial charge in [0.15, 0.2) is 13.2 Å². The summed E-state index contributed by atoms with van der Waals surface area (Å²) in [7, 11) is 0. The molecule has 1 aliphatic rings. The van der Waals surface area contributed by atoms with Crippen molar-refractivity contribution >= 4 is 11.9 Å². The standard InChI is InChI=1S/C72H92O10/c1-21-79-59(73)39-81-65-47-23-41(3)24-48(65)28-44-32-52(36-56(62(44)76)68(8,9)10)72(19,20)54-34-46(64(78)58(38-54)70(14,15)16)30-50-26-42(4)25-49(66(50)82-40-60(74)80-22-2)29-45-33-53(37-57(63(45)77)69(11,12)13)71(17,18)51-31-43(27-47)61(75)55(35-51)67(5,6)7/h23-26,31-38,75-78H,21-22,27-30,39-40H2,1-20H3. The first kappa shape index (κ1) is 62.7. The predicted octanol–water partition coefficient (Wildman–Crippen LogP) is 15.5. The number of phenols is 4. The number of benzene rings is 6. The number of aromatic hydroxyl groups is 4. The average Bonchev–Trinajstić information content (AvgIpc) is 2.45. The predicted molar refractivity (Wildman–Crippen MR) is 329 cm³/mol. The van der Waals surface area contributed by atoms with Crippen molar-refractivity contribution in [1.82, 2.24) is 0 Å². The minimum atomic E-state index is -0.727. The lowest BCUT2D eigenvalue weighted by atomic mass is 9.71. The SMILES string of the molecule is CCOC(=O)COc1c2cc(C)cc1Cc1cc(cc(C(C)(C)C)c1O)C(C)(C)c1cc(c(O)c(C(C)(C)C)c1)Cc1cc(C)cc(c1OCC(=O)OCC)Cc1cc(cc(C(C)(C)C)c1O)C(C)(C)c1cc(c(O)c(C(C)(C)C)c1)C2. The van der Waals surface area contributed by atoms with Gasteiger partial charge in [-0.2, -0.15) is 0 Å². The fourth-order valence-electron chi connectivity index (χ4n) is 11.6. The molecule has 0 atom stereocenters. The van der Waals surface area contributed by atoms with Crippen LogP contribution in [0.15, 0.2) is 72.8 Å². The third-order valence-corrected chi connectivity index (χ3v) is 16.5. The van der Waals surface area contributed by atoms with Gasteiger partial charge >= 0.3 is 11.9 Å². The highest BCUT2D eigenvalue weighted by atomic mass is 16.6. The highest BCUT2D eigenvalue weighted by Crippen LogP contribution is 2.49. The van der Waals surface area contributed by atoms with E-state index in [1.54, 1.807) is 13.8 Å². The number of carbonyl (C=O) groups excluding carboxylic acids is 2. The van der Waals surface area contributed by atoms with Crippen molar-refractivity contribution < 1.29 is 49.0 Å². The van der Waals surface area contributed by atoms with Gasteiger partial charge in [-0.25, -0.2) is 9.59 Å². The van der Waals surface area contributed by atoms with Crippen LogP contribution in [0.1, 0.15) is 225 Å². The van der Waals surface area contributed by atoms with Crippen molar-refractivity contribution in [2.24, 2.45) is 0 Å². The molecule has 6 aromatic rings. The van der Waals surface area contributed by atoms with Gasteiger partial charge in [0.05, 0.1) is 13.2 Å². The minimum absolute atomic E-state index is 0.162. The van der Waals surface area contributed by atoms with Crippen LogP contribution in [0.3, 0.4) is 0 Å². The van der Waals surface area contributed by atoms with Crippen molar-refractivity contribution in [3.05, 3.63) is 173 Å². The van der Waals surface area contributed by atoms with Crippen LogP contribution in [0, 0.1) is 13.8 Å². The maximum atomic E-state index is 13.2. The monoisotopic (exact) mass is 1120 g/mol. The molecule has 0 heterocycles. The Hall–Kier alpha value is -6.94. The number of hydrogen-bond acceptors (Lipinski definition) is 10. The van der Waals surface area contributed by atoms with Gasteiger partial charge in [0.2, 0.25) is 0 Å². The second-order valence-electron chi connectivity index (χ2n) is 28.1. The normalized spacial score (nSPS) is 14.6. The maximum absolute atomic E-state index is 13.2. The summed E-state index contributed by atoms with van der Waals surface area (Å²) in [6, 6.07) is 24.8. The Morgan fingerprint density at radius 1 is 0.390 bits per heavy atom. The summed E-state index contributed by atoms with van der Waals surface area (Å²) in [6.45, 7) is 40.9. The smallest absolute Gasteiger partial charge is 0.344 e. The zero-order chi connectivity index (χ0) is 61.0. The topological polar surface area (TPSA) is 152 Å². The second-order valence-corrected chi connectivity index (χ2v) is 28.1. The molecule has 0 amide bonds. The van der Waals surface area contributed by atoms with E-state index >= 15 is 0 Å². The van der Waals surface area contributed by atoms with E-state index in [0.717, 1.165) is 77.9 Å². The summed E-state index contributed by atoms with van der Waals surface area (Å²) in [4.78, 5) is 26.4. The largest absolute Gasteiger partial charge is 0.507 e. The Morgan fingerprint density at radius 3 is 0.805 bits per heavy atom. The third kappa shape index (κ3) is 13.3. The molecule has 440 valence electrons. The average molecular weight is 1120 g/mol. The molecule has 0 saturated heterocycles. The second kappa shape index (κ2) is 23.0. The first-order valence-corrected chi connectivity index (χ1v) is 29.2. The Kier molecular flexibility index (Phi) is 17.6. The summed E-state index contributed by atoms with van der Waals surface area (Å²) in [5.74, 6) is 0.549. The van der Waals surface area contributed by atoms with Gasteiger partial charge in [0.1, 0.15) is 34.5 Å². The molecule has 0 saturated carbocycles. The molecular weight excluding hydrogens is 1020 g/mol. The number of aryl methyl sites for hydroxylation is 2. The molecule has 6 aromatic carbocycles. The van der Waals surface area contributed by atoms with E-state index < -0.39 is 44.4 Å². The van der Waals surface area contributed by atoms with Crippen molar-refractivity contribution in [2.45, 2.75) is 197 Å². The summed E-state index contributed by atoms with van der Waals surface area (Å²) >= 11 is 0. The molecule has 0 aliphatic heterocycles. The van der Waals surface area contributed by atoms with Crippen LogP contribution < -0.4 is 9.47 Å². The lowest BCUT2D eigenvalue weighted by Gasteiger charge is -2.33. The number of ether oxygens (including phenoxy) is 4. The highest BCUT2D eigenvalue weighted by Gasteiger charge is 2.36. The fourth-order valence-corrected chi connectivity index (χ4v) is 11.6. The van der Waals surface area contributed by atoms with Gasteiger partial charge in [-0.05, 0) is 138 Å². The summed E-state index contributed by atoms with van der Waals surface area (Å²) in [5, 5.41) is 50.2. The molecule has 0 radical (unpaired) electrons. The zero-order valence-corrected chi connectivity index (χ0v) is 52.8. The molecule has 1 aliphatic carbocycles. The quantitative estimate of drug-likeness (QED) is 0.108. The van der Waals surface area contributed by atoms with E-state index in [-0.39, 0.29) is 75.1 Å². The molecule has 0 spiro atoms. The van der Waals surface area contributed by atoms with Crippen LogP contribution in [0.25, 0.3) is 0 Å². The van der Waals surface area contributed by atoms with Crippen molar-refractivity contribution in [1.29, 1.82) is 0 Å². The molecule has 10 nitrogen and oxygen atoms in total. The van der Waals surface area contributed by atoms with Gasteiger partial charge in [-0.3, -0.25) is 0 Å². The van der Waals surface area contributed by atoms with Gasteiger partial charge in [-0.1, -0.05) is 195 Å². The van der Waals surface area contributed by atoms with Gasteiger partial charge in [0.25, 0.3) is 0 Å². The van der Waals surface area contributed by atoms with E-state index in [1.807, 2.05) is 38.1 Å². The summed E-state index contributed by atoms with van der Waals surface area (Å²) < 4.78 is 24.1. The van der Waals surface area contributed by atoms with Crippen molar-refractivity contribution in [3.8, 4) is 34.5 Å². The van der Waals surface area contributed by atoms with Crippen molar-refractivity contribution in [3.63, 3.8) is 0 Å². The maximum Gasteiger partial charge on any atom is 0.344 e. The number of carbonyl (C=O) groups is 2. The van der Waals surface area contributed by atoms with E-state index in [0.29, 0.717) is 33.8 Å². The Labute approximate surface area is 489 Å². The van der Waals surface area contributed by atoms with Crippen molar-refractivity contribution in [2.75, 3.05) is 26.4 Å². The summed E-state index contributed by atoms with van der Waals surface area (Å²) in [5.41, 5.74) is 10.8. The van der Waals surface area contributed by atoms with E-state index in [2.05, 4.69) is 159 Å². The molecular formula is C72H92O10. The lowest BCUT2D eigenvalue weighted by molar-refractivity contribution is -0.146. The zero-order valence-electron chi connectivity index (χ0n) is 52.8. The molecule has 0 aromatic heterocycles. The van der Waals surface area contributed by atoms with Gasteiger partial charge in [-0.15, -0.1) is 0 Å². The molecule has 0 fully saturated rings. The van der Waals surface area contributed by atoms with E-state index in [1.165, 1.54) is 0 Å². The minimum Gasteiger partial charge on any atom is -0.507 e. The molecule has 12 bridgehead atoms. The number of rotatable bonds is 8. The van der Waals surface area contributed by atoms with Crippen LogP contribution in [-0.2, 0) is 77.2 Å². The molecule has 0 unspecified atom stereocenters. The van der Waals surface area contributed by atoms with E-state index in [4.69, 9.17) is 18.9 Å².